The Hall–Kier alpha value is -1.48. The van der Waals surface area contributed by atoms with Gasteiger partial charge in [-0.15, -0.1) is 11.3 Å². The number of alkyl halides is 3. The number of sulfone groups is 1. The molecular weight excluding hydrogens is 325 g/mol. The summed E-state index contributed by atoms with van der Waals surface area (Å²) in [5.41, 5.74) is -0.989. The summed E-state index contributed by atoms with van der Waals surface area (Å²) in [7, 11) is -3.49. The molecule has 0 aliphatic heterocycles. The minimum absolute atomic E-state index is 0.0203. The molecule has 2 aromatic heterocycles. The molecule has 0 spiro atoms. The van der Waals surface area contributed by atoms with Gasteiger partial charge in [0.05, 0.1) is 15.5 Å². The molecule has 0 saturated heterocycles. The van der Waals surface area contributed by atoms with E-state index in [1.807, 2.05) is 0 Å². The number of halogens is 3. The van der Waals surface area contributed by atoms with Crippen molar-refractivity contribution in [2.24, 2.45) is 0 Å². The monoisotopic (exact) mass is 336 g/mol. The normalized spacial score (nSPS) is 12.7. The first-order valence-corrected chi connectivity index (χ1v) is 8.48. The van der Waals surface area contributed by atoms with E-state index >= 15 is 0 Å². The summed E-state index contributed by atoms with van der Waals surface area (Å²) in [6, 6.07) is 0. The van der Waals surface area contributed by atoms with Crippen LogP contribution in [0.2, 0.25) is 0 Å². The van der Waals surface area contributed by atoms with Gasteiger partial charge in [0.1, 0.15) is 11.4 Å². The molecule has 0 aromatic carbocycles. The zero-order valence-electron chi connectivity index (χ0n) is 11.3. The zero-order chi connectivity index (χ0) is 16.0. The van der Waals surface area contributed by atoms with E-state index in [0.29, 0.717) is 0 Å². The fourth-order valence-electron chi connectivity index (χ4n) is 1.85. The highest BCUT2D eigenvalue weighted by Crippen LogP contribution is 2.40. The molecule has 0 radical (unpaired) electrons. The lowest BCUT2D eigenvalue weighted by Gasteiger charge is -2.11. The Labute approximate surface area is 123 Å². The molecule has 0 N–H and O–H groups in total. The van der Waals surface area contributed by atoms with Crippen LogP contribution in [0.4, 0.5) is 13.2 Å². The lowest BCUT2D eigenvalue weighted by atomic mass is 10.1. The highest BCUT2D eigenvalue weighted by Gasteiger charge is 2.36. The van der Waals surface area contributed by atoms with Gasteiger partial charge in [-0.25, -0.2) is 18.4 Å². The maximum Gasteiger partial charge on any atom is 0.420 e. The van der Waals surface area contributed by atoms with Gasteiger partial charge in [0.2, 0.25) is 0 Å². The average Bonchev–Trinajstić information content (AvgIpc) is 2.68. The van der Waals surface area contributed by atoms with Crippen molar-refractivity contribution < 1.29 is 21.6 Å². The average molecular weight is 336 g/mol. The molecule has 0 bridgehead atoms. The molecule has 0 atom stereocenters. The van der Waals surface area contributed by atoms with E-state index in [1.165, 1.54) is 19.2 Å². The first-order chi connectivity index (χ1) is 9.51. The van der Waals surface area contributed by atoms with Crippen molar-refractivity contribution in [3.63, 3.8) is 0 Å². The molecule has 21 heavy (non-hydrogen) atoms. The van der Waals surface area contributed by atoms with Crippen molar-refractivity contribution >= 4 is 21.2 Å². The molecule has 0 fully saturated rings. The standard InChI is InChI=1S/C12H11F3N2O2S2/c1-6-9(21(3,18)19)5-20-11(6)10-8(12(13,14)15)4-16-7(2)17-10/h4-5H,1-3H3. The van der Waals surface area contributed by atoms with Crippen LogP contribution < -0.4 is 0 Å². The Bertz CT molecular complexity index is 795. The van der Waals surface area contributed by atoms with Gasteiger partial charge in [-0.1, -0.05) is 0 Å². The summed E-state index contributed by atoms with van der Waals surface area (Å²) >= 11 is 0.926. The minimum atomic E-state index is -4.61. The number of aryl methyl sites for hydroxylation is 1. The van der Waals surface area contributed by atoms with Crippen molar-refractivity contribution in [1.82, 2.24) is 9.97 Å². The maximum absolute atomic E-state index is 13.0. The predicted octanol–water partition coefficient (Wildman–Crippen LogP) is 3.24. The lowest BCUT2D eigenvalue weighted by molar-refractivity contribution is -0.137. The number of rotatable bonds is 2. The van der Waals surface area contributed by atoms with Gasteiger partial charge < -0.3 is 0 Å². The minimum Gasteiger partial charge on any atom is -0.241 e. The Kier molecular flexibility index (Phi) is 3.83. The smallest absolute Gasteiger partial charge is 0.241 e. The molecule has 0 saturated carbocycles. The molecule has 114 valence electrons. The second-order valence-electron chi connectivity index (χ2n) is 4.50. The molecular formula is C12H11F3N2O2S2. The molecule has 0 aliphatic rings. The molecule has 2 aromatic rings. The van der Waals surface area contributed by atoms with Gasteiger partial charge >= 0.3 is 6.18 Å². The van der Waals surface area contributed by atoms with Crippen LogP contribution in [0.3, 0.4) is 0 Å². The summed E-state index contributed by atoms with van der Waals surface area (Å²) < 4.78 is 62.3. The SMILES string of the molecule is Cc1ncc(C(F)(F)F)c(-c2scc(S(C)(=O)=O)c2C)n1. The molecule has 0 amide bonds. The molecule has 2 heterocycles. The number of hydrogen-bond donors (Lipinski definition) is 0. The fraction of sp³-hybridized carbons (Fsp3) is 0.333. The first-order valence-electron chi connectivity index (χ1n) is 5.71. The predicted molar refractivity (Wildman–Crippen MR) is 72.9 cm³/mol. The third-order valence-corrected chi connectivity index (χ3v) is 5.28. The van der Waals surface area contributed by atoms with E-state index in [4.69, 9.17) is 0 Å². The Morgan fingerprint density at radius 2 is 1.86 bits per heavy atom. The van der Waals surface area contributed by atoms with E-state index in [2.05, 4.69) is 9.97 Å². The van der Waals surface area contributed by atoms with E-state index in [1.54, 1.807) is 0 Å². The first kappa shape index (κ1) is 15.9. The summed E-state index contributed by atoms with van der Waals surface area (Å²) in [4.78, 5) is 7.63. The van der Waals surface area contributed by atoms with Crippen LogP contribution >= 0.6 is 11.3 Å². The van der Waals surface area contributed by atoms with Gasteiger partial charge in [0, 0.05) is 17.8 Å². The van der Waals surface area contributed by atoms with Crippen LogP contribution in [0.15, 0.2) is 16.5 Å². The van der Waals surface area contributed by atoms with E-state index in [0.717, 1.165) is 23.8 Å². The highest BCUT2D eigenvalue weighted by atomic mass is 32.2. The molecule has 4 nitrogen and oxygen atoms in total. The zero-order valence-corrected chi connectivity index (χ0v) is 12.9. The third kappa shape index (κ3) is 3.08. The van der Waals surface area contributed by atoms with Crippen molar-refractivity contribution in [3.05, 3.63) is 28.5 Å². The van der Waals surface area contributed by atoms with Crippen LogP contribution in [-0.4, -0.2) is 24.6 Å². The van der Waals surface area contributed by atoms with Gasteiger partial charge in [-0.2, -0.15) is 13.2 Å². The highest BCUT2D eigenvalue weighted by molar-refractivity contribution is 7.90. The second-order valence-corrected chi connectivity index (χ2v) is 7.37. The van der Waals surface area contributed by atoms with E-state index in [-0.39, 0.29) is 26.9 Å². The van der Waals surface area contributed by atoms with Gasteiger partial charge in [0.25, 0.3) is 0 Å². The van der Waals surface area contributed by atoms with Crippen molar-refractivity contribution in [2.45, 2.75) is 24.9 Å². The lowest BCUT2D eigenvalue weighted by Crippen LogP contribution is -2.10. The fourth-order valence-corrected chi connectivity index (χ4v) is 4.37. The van der Waals surface area contributed by atoms with E-state index < -0.39 is 21.6 Å². The van der Waals surface area contributed by atoms with Crippen LogP contribution in [0.5, 0.6) is 0 Å². The topological polar surface area (TPSA) is 59.9 Å². The Morgan fingerprint density at radius 3 is 2.33 bits per heavy atom. The summed E-state index contributed by atoms with van der Waals surface area (Å²) in [5, 5.41) is 1.33. The largest absolute Gasteiger partial charge is 0.420 e. The van der Waals surface area contributed by atoms with Crippen LogP contribution in [0.25, 0.3) is 10.6 Å². The van der Waals surface area contributed by atoms with Gasteiger partial charge in [-0.05, 0) is 19.4 Å². The number of aromatic nitrogens is 2. The summed E-state index contributed by atoms with van der Waals surface area (Å²) in [6.07, 6.45) is -2.87. The van der Waals surface area contributed by atoms with Crippen molar-refractivity contribution in [2.75, 3.05) is 6.26 Å². The Morgan fingerprint density at radius 1 is 1.24 bits per heavy atom. The number of nitrogens with zero attached hydrogens (tertiary/aromatic N) is 2. The van der Waals surface area contributed by atoms with Crippen LogP contribution in [0, 0.1) is 13.8 Å². The Balaban J connectivity index is 2.74. The van der Waals surface area contributed by atoms with Gasteiger partial charge in [-0.3, -0.25) is 0 Å². The quantitative estimate of drug-likeness (QED) is 0.845. The van der Waals surface area contributed by atoms with Crippen molar-refractivity contribution in [3.8, 4) is 10.6 Å². The molecule has 0 aliphatic carbocycles. The van der Waals surface area contributed by atoms with Crippen molar-refractivity contribution in [1.29, 1.82) is 0 Å². The number of thiophene rings is 1. The molecule has 9 heteroatoms. The summed E-state index contributed by atoms with van der Waals surface area (Å²) in [6.45, 7) is 2.95. The third-order valence-electron chi connectivity index (χ3n) is 2.82. The molecule has 0 unspecified atom stereocenters. The molecule has 2 rings (SSSR count). The summed E-state index contributed by atoms with van der Waals surface area (Å²) in [5.74, 6) is 0.187. The maximum atomic E-state index is 13.0. The van der Waals surface area contributed by atoms with Crippen LogP contribution in [-0.2, 0) is 16.0 Å². The van der Waals surface area contributed by atoms with Gasteiger partial charge in [0.15, 0.2) is 9.84 Å². The van der Waals surface area contributed by atoms with E-state index in [9.17, 15) is 21.6 Å². The second kappa shape index (κ2) is 5.06. The van der Waals surface area contributed by atoms with Crippen LogP contribution in [0.1, 0.15) is 17.0 Å². The number of hydrogen-bond acceptors (Lipinski definition) is 5.